The van der Waals surface area contributed by atoms with E-state index < -0.39 is 24.1 Å². The van der Waals surface area contributed by atoms with Crippen LogP contribution in [-0.4, -0.2) is 40.4 Å². The highest BCUT2D eigenvalue weighted by molar-refractivity contribution is 5.83. The van der Waals surface area contributed by atoms with Gasteiger partial charge in [0.05, 0.1) is 6.04 Å². The summed E-state index contributed by atoms with van der Waals surface area (Å²) in [6.45, 7) is 0.0497. The fraction of sp³-hybridized carbons (Fsp3) is 0.357. The molecule has 1 aliphatic rings. The van der Waals surface area contributed by atoms with E-state index in [0.29, 0.717) is 12.7 Å². The van der Waals surface area contributed by atoms with Crippen molar-refractivity contribution in [2.75, 3.05) is 0 Å². The average molecular weight is 277 g/mol. The van der Waals surface area contributed by atoms with E-state index in [0.717, 1.165) is 10.5 Å². The monoisotopic (exact) mass is 277 g/mol. The number of rotatable bonds is 4. The average Bonchev–Trinajstić information content (AvgIpc) is 2.90. The van der Waals surface area contributed by atoms with E-state index in [-0.39, 0.29) is 13.0 Å². The summed E-state index contributed by atoms with van der Waals surface area (Å²) in [7, 11) is 0. The number of carbonyl (C=O) groups excluding carboxylic acids is 2. The summed E-state index contributed by atoms with van der Waals surface area (Å²) < 4.78 is 5.09. The molecule has 1 heterocycles. The van der Waals surface area contributed by atoms with Gasteiger partial charge in [0.15, 0.2) is 0 Å². The molecule has 0 aromatic heterocycles. The fourth-order valence-corrected chi connectivity index (χ4v) is 2.27. The summed E-state index contributed by atoms with van der Waals surface area (Å²) in [6.07, 6.45) is 0.433. The van der Waals surface area contributed by atoms with E-state index in [4.69, 9.17) is 9.84 Å². The lowest BCUT2D eigenvalue weighted by atomic mass is 10.2. The molecule has 6 heteroatoms. The molecule has 1 N–H and O–H groups in total. The second-order valence-electron chi connectivity index (χ2n) is 4.58. The van der Waals surface area contributed by atoms with Crippen LogP contribution in [0.5, 0.6) is 0 Å². The molecule has 1 fully saturated rings. The molecule has 1 aromatic carbocycles. The van der Waals surface area contributed by atoms with Crippen LogP contribution in [0.4, 0.5) is 4.79 Å². The molecule has 1 saturated heterocycles. The Morgan fingerprint density at radius 2 is 2.00 bits per heavy atom. The van der Waals surface area contributed by atoms with Gasteiger partial charge in [0.2, 0.25) is 0 Å². The van der Waals surface area contributed by atoms with Crippen LogP contribution in [0.2, 0.25) is 0 Å². The Balaban J connectivity index is 2.02. The second kappa shape index (κ2) is 6.18. The number of nitrogens with zero attached hydrogens (tertiary/aromatic N) is 1. The number of carboxylic acids is 1. The van der Waals surface area contributed by atoms with Gasteiger partial charge in [-0.05, 0) is 18.4 Å². The van der Waals surface area contributed by atoms with Gasteiger partial charge in [0.25, 0.3) is 0 Å². The second-order valence-corrected chi connectivity index (χ2v) is 4.58. The van der Waals surface area contributed by atoms with Crippen LogP contribution in [0, 0.1) is 0 Å². The van der Waals surface area contributed by atoms with Gasteiger partial charge in [0, 0.05) is 0 Å². The molecule has 1 aliphatic heterocycles. The van der Waals surface area contributed by atoms with Crippen molar-refractivity contribution < 1.29 is 24.2 Å². The van der Waals surface area contributed by atoms with Crippen molar-refractivity contribution in [2.45, 2.75) is 31.5 Å². The first-order valence-electron chi connectivity index (χ1n) is 6.30. The number of aldehydes is 1. The maximum Gasteiger partial charge on any atom is 0.411 e. The minimum absolute atomic E-state index is 0.0497. The van der Waals surface area contributed by atoms with Crippen LogP contribution in [-0.2, 0) is 20.9 Å². The molecule has 2 unspecified atom stereocenters. The van der Waals surface area contributed by atoms with Crippen molar-refractivity contribution in [3.05, 3.63) is 35.9 Å². The predicted molar refractivity (Wildman–Crippen MR) is 69.0 cm³/mol. The summed E-state index contributed by atoms with van der Waals surface area (Å²) in [6, 6.07) is 7.34. The number of amides is 1. The third-order valence-electron chi connectivity index (χ3n) is 3.29. The molecule has 1 amide bonds. The van der Waals surface area contributed by atoms with Crippen LogP contribution < -0.4 is 0 Å². The van der Waals surface area contributed by atoms with Crippen molar-refractivity contribution in [2.24, 2.45) is 0 Å². The quantitative estimate of drug-likeness (QED) is 0.842. The van der Waals surface area contributed by atoms with Crippen LogP contribution >= 0.6 is 0 Å². The van der Waals surface area contributed by atoms with Gasteiger partial charge in [-0.1, -0.05) is 30.3 Å². The Kier molecular flexibility index (Phi) is 4.34. The summed E-state index contributed by atoms with van der Waals surface area (Å²) in [5.74, 6) is -1.12. The summed E-state index contributed by atoms with van der Waals surface area (Å²) in [5.41, 5.74) is 0.801. The highest BCUT2D eigenvalue weighted by atomic mass is 16.6. The highest BCUT2D eigenvalue weighted by Gasteiger charge is 2.41. The molecule has 1 aromatic rings. The van der Waals surface area contributed by atoms with E-state index in [1.54, 1.807) is 12.1 Å². The molecule has 2 rings (SSSR count). The minimum atomic E-state index is -1.12. The molecule has 0 saturated carbocycles. The largest absolute Gasteiger partial charge is 0.480 e. The third-order valence-corrected chi connectivity index (χ3v) is 3.29. The Bertz CT molecular complexity index is 502. The first-order chi connectivity index (χ1) is 9.63. The van der Waals surface area contributed by atoms with Gasteiger partial charge in [-0.3, -0.25) is 4.90 Å². The van der Waals surface area contributed by atoms with E-state index >= 15 is 0 Å². The third kappa shape index (κ3) is 2.96. The van der Waals surface area contributed by atoms with Crippen molar-refractivity contribution in [3.8, 4) is 0 Å². The number of carbonyl (C=O) groups is 3. The van der Waals surface area contributed by atoms with E-state index in [9.17, 15) is 14.4 Å². The van der Waals surface area contributed by atoms with Gasteiger partial charge >= 0.3 is 12.1 Å². The molecule has 0 radical (unpaired) electrons. The first kappa shape index (κ1) is 14.0. The predicted octanol–water partition coefficient (Wildman–Crippen LogP) is 1.44. The Labute approximate surface area is 115 Å². The fourth-order valence-electron chi connectivity index (χ4n) is 2.27. The number of likely N-dealkylation sites (tertiary alicyclic amines) is 1. The molecular formula is C14H15NO5. The van der Waals surface area contributed by atoms with Crippen LogP contribution in [0.15, 0.2) is 30.3 Å². The normalized spacial score (nSPS) is 21.5. The number of hydrogen-bond donors (Lipinski definition) is 1. The molecule has 20 heavy (non-hydrogen) atoms. The van der Waals surface area contributed by atoms with E-state index in [2.05, 4.69) is 0 Å². The van der Waals surface area contributed by atoms with E-state index in [1.165, 1.54) is 0 Å². The Morgan fingerprint density at radius 3 is 2.60 bits per heavy atom. The molecule has 0 spiro atoms. The number of carboxylic acid groups (broad SMARTS) is 1. The van der Waals surface area contributed by atoms with Crippen molar-refractivity contribution >= 4 is 18.3 Å². The zero-order valence-corrected chi connectivity index (χ0v) is 10.8. The van der Waals surface area contributed by atoms with E-state index in [1.807, 2.05) is 18.2 Å². The Hall–Kier alpha value is -2.37. The van der Waals surface area contributed by atoms with Crippen LogP contribution in [0.1, 0.15) is 18.4 Å². The van der Waals surface area contributed by atoms with Crippen molar-refractivity contribution in [1.82, 2.24) is 4.90 Å². The molecule has 0 bridgehead atoms. The number of hydrogen-bond acceptors (Lipinski definition) is 4. The van der Waals surface area contributed by atoms with Crippen LogP contribution in [0.3, 0.4) is 0 Å². The van der Waals surface area contributed by atoms with Crippen LogP contribution in [0.25, 0.3) is 0 Å². The zero-order chi connectivity index (χ0) is 14.5. The molecule has 6 nitrogen and oxygen atoms in total. The number of aliphatic carboxylic acids is 1. The first-order valence-corrected chi connectivity index (χ1v) is 6.30. The number of benzene rings is 1. The minimum Gasteiger partial charge on any atom is -0.480 e. The maximum absolute atomic E-state index is 12.0. The van der Waals surface area contributed by atoms with Crippen molar-refractivity contribution in [1.29, 1.82) is 0 Å². The van der Waals surface area contributed by atoms with Gasteiger partial charge < -0.3 is 14.6 Å². The van der Waals surface area contributed by atoms with Gasteiger partial charge in [-0.25, -0.2) is 9.59 Å². The molecule has 2 atom stereocenters. The lowest BCUT2D eigenvalue weighted by Crippen LogP contribution is -2.45. The lowest BCUT2D eigenvalue weighted by Gasteiger charge is -2.24. The van der Waals surface area contributed by atoms with Gasteiger partial charge in [-0.15, -0.1) is 0 Å². The SMILES string of the molecule is O=CC1CCC(C(=O)O)N1C(=O)OCc1ccccc1. The zero-order valence-electron chi connectivity index (χ0n) is 10.8. The molecule has 0 aliphatic carbocycles. The van der Waals surface area contributed by atoms with Gasteiger partial charge in [0.1, 0.15) is 18.9 Å². The van der Waals surface area contributed by atoms with Crippen molar-refractivity contribution in [3.63, 3.8) is 0 Å². The lowest BCUT2D eigenvalue weighted by molar-refractivity contribution is -0.142. The molecular weight excluding hydrogens is 262 g/mol. The smallest absolute Gasteiger partial charge is 0.411 e. The standard InChI is InChI=1S/C14H15NO5/c16-8-11-6-7-12(13(17)18)15(11)14(19)20-9-10-4-2-1-3-5-10/h1-5,8,11-12H,6-7,9H2,(H,17,18). The summed E-state index contributed by atoms with van der Waals surface area (Å²) in [4.78, 5) is 35.0. The molecule has 106 valence electrons. The topological polar surface area (TPSA) is 83.9 Å². The summed E-state index contributed by atoms with van der Waals surface area (Å²) >= 11 is 0. The number of ether oxygens (including phenoxy) is 1. The summed E-state index contributed by atoms with van der Waals surface area (Å²) in [5, 5.41) is 9.07. The van der Waals surface area contributed by atoms with Gasteiger partial charge in [-0.2, -0.15) is 0 Å². The highest BCUT2D eigenvalue weighted by Crippen LogP contribution is 2.24. The Morgan fingerprint density at radius 1 is 1.30 bits per heavy atom. The maximum atomic E-state index is 12.0.